The van der Waals surface area contributed by atoms with Gasteiger partial charge in [0, 0.05) is 11.8 Å². The third-order valence-electron chi connectivity index (χ3n) is 10.1. The quantitative estimate of drug-likeness (QED) is 0.702. The third-order valence-corrected chi connectivity index (χ3v) is 10.1. The van der Waals surface area contributed by atoms with Crippen molar-refractivity contribution in [1.82, 2.24) is 0 Å². The molecular formula is C24H38O3. The summed E-state index contributed by atoms with van der Waals surface area (Å²) >= 11 is 0. The number of aliphatic carboxylic acids is 1. The lowest BCUT2D eigenvalue weighted by molar-refractivity contribution is -0.169. The van der Waals surface area contributed by atoms with Crippen molar-refractivity contribution in [3.8, 4) is 0 Å². The van der Waals surface area contributed by atoms with Crippen LogP contribution in [-0.2, 0) is 9.59 Å². The fourth-order valence-electron chi connectivity index (χ4n) is 8.75. The molecule has 0 aromatic heterocycles. The molecule has 0 bridgehead atoms. The van der Waals surface area contributed by atoms with Crippen molar-refractivity contribution in [2.75, 3.05) is 0 Å². The Labute approximate surface area is 164 Å². The van der Waals surface area contributed by atoms with Gasteiger partial charge in [0.05, 0.1) is 5.92 Å². The van der Waals surface area contributed by atoms with Gasteiger partial charge < -0.3 is 5.11 Å². The van der Waals surface area contributed by atoms with Crippen molar-refractivity contribution in [3.63, 3.8) is 0 Å². The molecule has 0 saturated heterocycles. The van der Waals surface area contributed by atoms with E-state index in [1.165, 1.54) is 25.7 Å². The second kappa shape index (κ2) is 6.59. The molecule has 0 spiro atoms. The molecule has 3 nitrogen and oxygen atoms in total. The first-order valence-electron chi connectivity index (χ1n) is 11.5. The molecular weight excluding hydrogens is 336 g/mol. The molecule has 4 saturated carbocycles. The summed E-state index contributed by atoms with van der Waals surface area (Å²) in [6.07, 6.45) is 10.4. The van der Waals surface area contributed by atoms with Gasteiger partial charge >= 0.3 is 5.97 Å². The summed E-state index contributed by atoms with van der Waals surface area (Å²) in [5.41, 5.74) is 0.361. The number of carboxylic acids is 1. The van der Waals surface area contributed by atoms with Crippen LogP contribution in [0.2, 0.25) is 0 Å². The van der Waals surface area contributed by atoms with Crippen LogP contribution >= 0.6 is 0 Å². The molecule has 4 fully saturated rings. The monoisotopic (exact) mass is 374 g/mol. The summed E-state index contributed by atoms with van der Waals surface area (Å²) in [5, 5.41) is 9.64. The smallest absolute Gasteiger partial charge is 0.306 e. The van der Waals surface area contributed by atoms with E-state index in [4.69, 9.17) is 0 Å². The van der Waals surface area contributed by atoms with E-state index in [1.54, 1.807) is 0 Å². The number of carbonyl (C=O) groups is 2. The van der Waals surface area contributed by atoms with Gasteiger partial charge in [0.15, 0.2) is 0 Å². The van der Waals surface area contributed by atoms with E-state index >= 15 is 0 Å². The molecule has 0 radical (unpaired) electrons. The first-order chi connectivity index (χ1) is 12.8. The molecule has 152 valence electrons. The van der Waals surface area contributed by atoms with E-state index in [9.17, 15) is 14.7 Å². The minimum Gasteiger partial charge on any atom is -0.481 e. The van der Waals surface area contributed by atoms with E-state index in [2.05, 4.69) is 20.8 Å². The molecule has 4 aliphatic rings. The molecule has 0 heterocycles. The highest BCUT2D eigenvalue weighted by atomic mass is 16.4. The summed E-state index contributed by atoms with van der Waals surface area (Å²) in [6.45, 7) is 8.94. The number of hydrogen-bond acceptors (Lipinski definition) is 2. The molecule has 4 rings (SSSR count). The summed E-state index contributed by atoms with van der Waals surface area (Å²) in [7, 11) is 0. The number of Topliss-reactive ketones (excluding diaryl/α,β-unsaturated/α-hetero) is 1. The molecule has 0 aromatic carbocycles. The van der Waals surface area contributed by atoms with Crippen LogP contribution in [0.5, 0.6) is 0 Å². The Morgan fingerprint density at radius 2 is 1.74 bits per heavy atom. The zero-order valence-electron chi connectivity index (χ0n) is 17.7. The van der Waals surface area contributed by atoms with Crippen molar-refractivity contribution in [2.24, 2.45) is 52.3 Å². The SMILES string of the molecule is CC[C@H]1C(=O)C2C3CCC([C@H](C)C(=O)O)C3(C)CC[C@@H]2C2(C)CCCCC12. The maximum atomic E-state index is 13.8. The second-order valence-corrected chi connectivity index (χ2v) is 10.9. The van der Waals surface area contributed by atoms with Crippen LogP contribution in [0.15, 0.2) is 0 Å². The lowest BCUT2D eigenvalue weighted by atomic mass is 9.42. The maximum absolute atomic E-state index is 13.8. The van der Waals surface area contributed by atoms with Crippen molar-refractivity contribution in [2.45, 2.75) is 85.5 Å². The molecule has 6 unspecified atom stereocenters. The average molecular weight is 375 g/mol. The van der Waals surface area contributed by atoms with Gasteiger partial charge in [0.25, 0.3) is 0 Å². The number of carbonyl (C=O) groups excluding carboxylic acids is 1. The Hall–Kier alpha value is -0.860. The molecule has 0 aromatic rings. The number of hydrogen-bond donors (Lipinski definition) is 1. The zero-order valence-corrected chi connectivity index (χ0v) is 17.7. The van der Waals surface area contributed by atoms with Gasteiger partial charge in [-0.1, -0.05) is 40.5 Å². The van der Waals surface area contributed by atoms with Crippen LogP contribution < -0.4 is 0 Å². The Bertz CT molecular complexity index is 627. The van der Waals surface area contributed by atoms with Crippen LogP contribution in [0.25, 0.3) is 0 Å². The van der Waals surface area contributed by atoms with E-state index < -0.39 is 5.97 Å². The summed E-state index contributed by atoms with van der Waals surface area (Å²) < 4.78 is 0. The van der Waals surface area contributed by atoms with Gasteiger partial charge in [-0.25, -0.2) is 0 Å². The van der Waals surface area contributed by atoms with Crippen LogP contribution in [0.3, 0.4) is 0 Å². The highest BCUT2D eigenvalue weighted by Crippen LogP contribution is 2.68. The standard InChI is InChI=1S/C24H38O3/c1-5-15-17-8-6-7-12-23(17,3)19-11-13-24(4)16(14(2)22(26)27)9-10-18(24)20(19)21(15)25/h14-20H,5-13H2,1-4H3,(H,26,27)/t14-,15+,16?,17?,18?,19-,20?,23?,24?/m0/s1. The predicted octanol–water partition coefficient (Wildman–Crippen LogP) is 5.57. The number of ketones is 1. The Kier molecular flexibility index (Phi) is 4.75. The van der Waals surface area contributed by atoms with Crippen molar-refractivity contribution < 1.29 is 14.7 Å². The van der Waals surface area contributed by atoms with Gasteiger partial charge in [0.2, 0.25) is 0 Å². The van der Waals surface area contributed by atoms with Crippen LogP contribution in [0, 0.1) is 52.3 Å². The van der Waals surface area contributed by atoms with Crippen molar-refractivity contribution in [1.29, 1.82) is 0 Å². The van der Waals surface area contributed by atoms with Crippen LogP contribution in [0.4, 0.5) is 0 Å². The minimum absolute atomic E-state index is 0.0325. The first kappa shape index (κ1) is 19.5. The molecule has 27 heavy (non-hydrogen) atoms. The van der Waals surface area contributed by atoms with Crippen LogP contribution in [0.1, 0.15) is 85.5 Å². The third kappa shape index (κ3) is 2.59. The van der Waals surface area contributed by atoms with Crippen LogP contribution in [-0.4, -0.2) is 16.9 Å². The molecule has 0 aliphatic heterocycles. The lowest BCUT2D eigenvalue weighted by Crippen LogP contribution is -2.59. The summed E-state index contributed by atoms with van der Waals surface area (Å²) in [4.78, 5) is 25.5. The topological polar surface area (TPSA) is 54.4 Å². The van der Waals surface area contributed by atoms with E-state index in [-0.39, 0.29) is 29.1 Å². The number of carboxylic acid groups (broad SMARTS) is 1. The van der Waals surface area contributed by atoms with Crippen molar-refractivity contribution >= 4 is 11.8 Å². The number of fused-ring (bicyclic) bond motifs is 5. The van der Waals surface area contributed by atoms with Gasteiger partial charge in [-0.2, -0.15) is 0 Å². The molecule has 3 heteroatoms. The first-order valence-corrected chi connectivity index (χ1v) is 11.5. The normalized spacial score (nSPS) is 50.4. The summed E-state index contributed by atoms with van der Waals surface area (Å²) in [6, 6.07) is 0. The second-order valence-electron chi connectivity index (χ2n) is 10.9. The zero-order chi connectivity index (χ0) is 19.6. The Balaban J connectivity index is 1.71. The molecule has 4 aliphatic carbocycles. The van der Waals surface area contributed by atoms with E-state index in [1.807, 2.05) is 6.92 Å². The fraction of sp³-hybridized carbons (Fsp3) is 0.917. The number of rotatable bonds is 3. The fourth-order valence-corrected chi connectivity index (χ4v) is 8.75. The largest absolute Gasteiger partial charge is 0.481 e. The molecule has 1 N–H and O–H groups in total. The van der Waals surface area contributed by atoms with Gasteiger partial charge in [-0.05, 0) is 79.4 Å². The highest BCUT2D eigenvalue weighted by Gasteiger charge is 2.64. The van der Waals surface area contributed by atoms with E-state index in [0.29, 0.717) is 29.0 Å². The highest BCUT2D eigenvalue weighted by molar-refractivity contribution is 5.86. The summed E-state index contributed by atoms with van der Waals surface area (Å²) in [5.74, 6) is 1.80. The lowest BCUT2D eigenvalue weighted by Gasteiger charge is -2.61. The average Bonchev–Trinajstić information content (AvgIpc) is 2.98. The molecule has 9 atom stereocenters. The van der Waals surface area contributed by atoms with E-state index in [0.717, 1.165) is 32.1 Å². The van der Waals surface area contributed by atoms with Gasteiger partial charge in [-0.3, -0.25) is 9.59 Å². The Morgan fingerprint density at radius 1 is 1.04 bits per heavy atom. The van der Waals surface area contributed by atoms with Gasteiger partial charge in [-0.15, -0.1) is 0 Å². The maximum Gasteiger partial charge on any atom is 0.306 e. The molecule has 0 amide bonds. The van der Waals surface area contributed by atoms with Gasteiger partial charge in [0.1, 0.15) is 5.78 Å². The predicted molar refractivity (Wildman–Crippen MR) is 106 cm³/mol. The van der Waals surface area contributed by atoms with Crippen molar-refractivity contribution in [3.05, 3.63) is 0 Å². The Morgan fingerprint density at radius 3 is 2.41 bits per heavy atom. The minimum atomic E-state index is -0.662.